The van der Waals surface area contributed by atoms with Gasteiger partial charge in [0, 0.05) is 0 Å². The Bertz CT molecular complexity index is 863. The number of aryl methyl sites for hydroxylation is 2. The first-order valence-electron chi connectivity index (χ1n) is 7.01. The molecule has 2 rings (SSSR count). The standard InChI is InChI=1S/C16H16Cl2N2O3S/c1-10-6-7-11(2)14(8-10)24(22,23)19-9-15(21)20-16-12(17)4-3-5-13(16)18/h3-8,19H,9H2,1-2H3,(H,20,21). The fourth-order valence-corrected chi connectivity index (χ4v) is 3.84. The van der Waals surface area contributed by atoms with Crippen molar-refractivity contribution in [2.75, 3.05) is 11.9 Å². The number of sulfonamides is 1. The van der Waals surface area contributed by atoms with Gasteiger partial charge in [-0.25, -0.2) is 13.1 Å². The third-order valence-corrected chi connectivity index (χ3v) is 5.46. The summed E-state index contributed by atoms with van der Waals surface area (Å²) < 4.78 is 27.0. The largest absolute Gasteiger partial charge is 0.322 e. The van der Waals surface area contributed by atoms with E-state index in [1.807, 2.05) is 6.07 Å². The van der Waals surface area contributed by atoms with Crippen molar-refractivity contribution in [2.45, 2.75) is 18.7 Å². The van der Waals surface area contributed by atoms with Crippen LogP contribution in [0.3, 0.4) is 0 Å². The van der Waals surface area contributed by atoms with E-state index in [-0.39, 0.29) is 20.6 Å². The summed E-state index contributed by atoms with van der Waals surface area (Å²) in [5, 5.41) is 3.04. The van der Waals surface area contributed by atoms with Crippen LogP contribution in [-0.4, -0.2) is 20.9 Å². The van der Waals surface area contributed by atoms with Gasteiger partial charge >= 0.3 is 0 Å². The molecular weight excluding hydrogens is 371 g/mol. The maximum absolute atomic E-state index is 12.4. The van der Waals surface area contributed by atoms with Gasteiger partial charge in [0.05, 0.1) is 27.2 Å². The summed E-state index contributed by atoms with van der Waals surface area (Å²) in [4.78, 5) is 12.1. The highest BCUT2D eigenvalue weighted by Gasteiger charge is 2.18. The summed E-state index contributed by atoms with van der Waals surface area (Å²) in [5.74, 6) is -0.570. The molecule has 2 N–H and O–H groups in total. The van der Waals surface area contributed by atoms with Gasteiger partial charge in [-0.05, 0) is 43.2 Å². The predicted molar refractivity (Wildman–Crippen MR) is 96.2 cm³/mol. The summed E-state index contributed by atoms with van der Waals surface area (Å²) in [6.45, 7) is 3.05. The fourth-order valence-electron chi connectivity index (χ4n) is 2.04. The van der Waals surface area contributed by atoms with E-state index < -0.39 is 22.5 Å². The Balaban J connectivity index is 2.09. The van der Waals surface area contributed by atoms with Crippen molar-refractivity contribution in [3.63, 3.8) is 0 Å². The number of anilines is 1. The average molecular weight is 387 g/mol. The smallest absolute Gasteiger partial charge is 0.241 e. The molecule has 0 aliphatic heterocycles. The highest BCUT2D eigenvalue weighted by molar-refractivity contribution is 7.89. The van der Waals surface area contributed by atoms with E-state index in [1.54, 1.807) is 44.2 Å². The van der Waals surface area contributed by atoms with Crippen LogP contribution in [0.25, 0.3) is 0 Å². The van der Waals surface area contributed by atoms with Crippen LogP contribution in [0.15, 0.2) is 41.3 Å². The SMILES string of the molecule is Cc1ccc(C)c(S(=O)(=O)NCC(=O)Nc2c(Cl)cccc2Cl)c1. The van der Waals surface area contributed by atoms with Crippen molar-refractivity contribution in [1.82, 2.24) is 4.72 Å². The van der Waals surface area contributed by atoms with Crippen LogP contribution in [0.4, 0.5) is 5.69 Å². The van der Waals surface area contributed by atoms with E-state index in [2.05, 4.69) is 10.0 Å². The van der Waals surface area contributed by atoms with Crippen molar-refractivity contribution < 1.29 is 13.2 Å². The molecule has 0 aromatic heterocycles. The molecule has 0 heterocycles. The highest BCUT2D eigenvalue weighted by atomic mass is 35.5. The van der Waals surface area contributed by atoms with Gasteiger partial charge in [-0.3, -0.25) is 4.79 Å². The second kappa shape index (κ2) is 7.53. The number of para-hydroxylation sites is 1. The molecule has 0 saturated heterocycles. The Morgan fingerprint density at radius 2 is 1.71 bits per heavy atom. The van der Waals surface area contributed by atoms with Crippen molar-refractivity contribution in [1.29, 1.82) is 0 Å². The number of carbonyl (C=O) groups excluding carboxylic acids is 1. The number of amides is 1. The Labute approximate surface area is 151 Å². The van der Waals surface area contributed by atoms with Gasteiger partial charge in [0.1, 0.15) is 0 Å². The van der Waals surface area contributed by atoms with E-state index in [4.69, 9.17) is 23.2 Å². The molecule has 0 fully saturated rings. The molecule has 0 aliphatic rings. The lowest BCUT2D eigenvalue weighted by Gasteiger charge is -2.12. The molecule has 0 unspecified atom stereocenters. The quantitative estimate of drug-likeness (QED) is 0.824. The van der Waals surface area contributed by atoms with Gasteiger partial charge in [0.25, 0.3) is 0 Å². The lowest BCUT2D eigenvalue weighted by Crippen LogP contribution is -2.33. The van der Waals surface area contributed by atoms with E-state index in [0.717, 1.165) is 5.56 Å². The lowest BCUT2D eigenvalue weighted by molar-refractivity contribution is -0.115. The number of rotatable bonds is 5. The third kappa shape index (κ3) is 4.48. The fraction of sp³-hybridized carbons (Fsp3) is 0.188. The van der Waals surface area contributed by atoms with Gasteiger partial charge in [-0.1, -0.05) is 41.4 Å². The van der Waals surface area contributed by atoms with Crippen LogP contribution in [0.2, 0.25) is 10.0 Å². The number of hydrogen-bond donors (Lipinski definition) is 2. The summed E-state index contributed by atoms with van der Waals surface area (Å²) in [5.41, 5.74) is 1.66. The van der Waals surface area contributed by atoms with E-state index in [1.165, 1.54) is 0 Å². The van der Waals surface area contributed by atoms with Crippen molar-refractivity contribution >= 4 is 44.8 Å². The Hall–Kier alpha value is -1.60. The molecule has 8 heteroatoms. The molecule has 2 aromatic carbocycles. The number of nitrogens with one attached hydrogen (secondary N) is 2. The maximum Gasteiger partial charge on any atom is 0.241 e. The predicted octanol–water partition coefficient (Wildman–Crippen LogP) is 3.53. The second-order valence-corrected chi connectivity index (χ2v) is 7.79. The van der Waals surface area contributed by atoms with Crippen LogP contribution in [-0.2, 0) is 14.8 Å². The summed E-state index contributed by atoms with van der Waals surface area (Å²) in [6, 6.07) is 9.88. The summed E-state index contributed by atoms with van der Waals surface area (Å²) >= 11 is 11.9. The van der Waals surface area contributed by atoms with E-state index >= 15 is 0 Å². The summed E-state index contributed by atoms with van der Waals surface area (Å²) in [6.07, 6.45) is 0. The van der Waals surface area contributed by atoms with Crippen LogP contribution < -0.4 is 10.0 Å². The lowest BCUT2D eigenvalue weighted by atomic mass is 10.2. The molecule has 0 atom stereocenters. The highest BCUT2D eigenvalue weighted by Crippen LogP contribution is 2.29. The first-order valence-corrected chi connectivity index (χ1v) is 9.25. The second-order valence-electron chi connectivity index (χ2n) is 5.24. The monoisotopic (exact) mass is 386 g/mol. The molecule has 0 saturated carbocycles. The molecule has 0 spiro atoms. The van der Waals surface area contributed by atoms with Crippen molar-refractivity contribution in [3.8, 4) is 0 Å². The van der Waals surface area contributed by atoms with Crippen LogP contribution in [0.5, 0.6) is 0 Å². The molecule has 24 heavy (non-hydrogen) atoms. The number of hydrogen-bond acceptors (Lipinski definition) is 3. The number of carbonyl (C=O) groups is 1. The van der Waals surface area contributed by atoms with Gasteiger partial charge in [0.15, 0.2) is 0 Å². The molecule has 0 radical (unpaired) electrons. The Kier molecular flexibility index (Phi) is 5.87. The van der Waals surface area contributed by atoms with Gasteiger partial charge in [-0.2, -0.15) is 0 Å². The number of benzene rings is 2. The molecule has 5 nitrogen and oxygen atoms in total. The minimum absolute atomic E-state index is 0.145. The van der Waals surface area contributed by atoms with E-state index in [0.29, 0.717) is 5.56 Å². The molecule has 1 amide bonds. The third-order valence-electron chi connectivity index (χ3n) is 3.28. The zero-order valence-electron chi connectivity index (χ0n) is 13.1. The Morgan fingerprint density at radius 3 is 2.33 bits per heavy atom. The molecule has 0 bridgehead atoms. The van der Waals surface area contributed by atoms with Crippen molar-refractivity contribution in [2.24, 2.45) is 0 Å². The molecule has 128 valence electrons. The molecule has 0 aliphatic carbocycles. The van der Waals surface area contributed by atoms with Crippen LogP contribution >= 0.6 is 23.2 Å². The zero-order valence-corrected chi connectivity index (χ0v) is 15.4. The minimum atomic E-state index is -3.80. The van der Waals surface area contributed by atoms with Gasteiger partial charge < -0.3 is 5.32 Å². The van der Waals surface area contributed by atoms with Crippen molar-refractivity contribution in [3.05, 3.63) is 57.6 Å². The summed E-state index contributed by atoms with van der Waals surface area (Å²) in [7, 11) is -3.80. The molecule has 2 aromatic rings. The van der Waals surface area contributed by atoms with Crippen LogP contribution in [0, 0.1) is 13.8 Å². The topological polar surface area (TPSA) is 75.3 Å². The Morgan fingerprint density at radius 1 is 1.08 bits per heavy atom. The van der Waals surface area contributed by atoms with Crippen LogP contribution in [0.1, 0.15) is 11.1 Å². The average Bonchev–Trinajstić information content (AvgIpc) is 2.51. The first-order chi connectivity index (χ1) is 11.2. The number of halogens is 2. The normalized spacial score (nSPS) is 11.3. The maximum atomic E-state index is 12.4. The van der Waals surface area contributed by atoms with E-state index in [9.17, 15) is 13.2 Å². The zero-order chi connectivity index (χ0) is 17.9. The molecular formula is C16H16Cl2N2O3S. The first kappa shape index (κ1) is 18.7. The minimum Gasteiger partial charge on any atom is -0.322 e. The van der Waals surface area contributed by atoms with Gasteiger partial charge in [-0.15, -0.1) is 0 Å². The van der Waals surface area contributed by atoms with Gasteiger partial charge in [0.2, 0.25) is 15.9 Å².